The number of nitrogens with zero attached hydrogens (tertiary/aromatic N) is 5. The summed E-state index contributed by atoms with van der Waals surface area (Å²) in [5.74, 6) is 0.871. The molecule has 1 N–H and O–H groups in total. The monoisotopic (exact) mass is 510 g/mol. The Bertz CT molecular complexity index is 883. The molecule has 0 spiro atoms. The van der Waals surface area contributed by atoms with Crippen molar-refractivity contribution in [2.75, 3.05) is 13.6 Å². The number of hydrogen-bond donors (Lipinski definition) is 1. The predicted molar refractivity (Wildman–Crippen MR) is 127 cm³/mol. The van der Waals surface area contributed by atoms with E-state index in [2.05, 4.69) is 40.3 Å². The molecule has 0 aliphatic carbocycles. The second-order valence-corrected chi connectivity index (χ2v) is 7.69. The van der Waals surface area contributed by atoms with Crippen LogP contribution in [0.3, 0.4) is 0 Å². The summed E-state index contributed by atoms with van der Waals surface area (Å²) < 4.78 is 1.90. The topological polar surface area (TPSA) is 58.3 Å². The molecule has 0 saturated carbocycles. The Morgan fingerprint density at radius 3 is 2.64 bits per heavy atom. The normalized spacial score (nSPS) is 11.2. The Morgan fingerprint density at radius 2 is 2.00 bits per heavy atom. The van der Waals surface area contributed by atoms with Gasteiger partial charge >= 0.3 is 0 Å². The van der Waals surface area contributed by atoms with Gasteiger partial charge in [-0.1, -0.05) is 18.2 Å². The number of halogens is 1. The molecule has 0 saturated heterocycles. The molecule has 8 heteroatoms. The van der Waals surface area contributed by atoms with Crippen LogP contribution in [0.15, 0.2) is 47.7 Å². The van der Waals surface area contributed by atoms with Gasteiger partial charge in [-0.25, -0.2) is 14.7 Å². The summed E-state index contributed by atoms with van der Waals surface area (Å²) in [5, 5.41) is 8.88. The lowest BCUT2D eigenvalue weighted by Gasteiger charge is -2.21. The van der Waals surface area contributed by atoms with E-state index in [0.717, 1.165) is 41.0 Å². The smallest absolute Gasteiger partial charge is 0.194 e. The van der Waals surface area contributed by atoms with Gasteiger partial charge in [-0.2, -0.15) is 5.10 Å². The van der Waals surface area contributed by atoms with Gasteiger partial charge in [0.2, 0.25) is 0 Å². The molecule has 0 fully saturated rings. The Labute approximate surface area is 187 Å². The number of guanidine groups is 1. The van der Waals surface area contributed by atoms with E-state index in [4.69, 9.17) is 4.99 Å². The highest BCUT2D eigenvalue weighted by atomic mass is 127. The van der Waals surface area contributed by atoms with Crippen LogP contribution in [0.5, 0.6) is 0 Å². The van der Waals surface area contributed by atoms with E-state index >= 15 is 0 Å². The molecule has 6 nitrogen and oxygen atoms in total. The minimum atomic E-state index is 0. The van der Waals surface area contributed by atoms with Crippen LogP contribution < -0.4 is 5.32 Å². The van der Waals surface area contributed by atoms with E-state index in [9.17, 15) is 0 Å². The zero-order valence-electron chi connectivity index (χ0n) is 16.7. The summed E-state index contributed by atoms with van der Waals surface area (Å²) in [4.78, 5) is 12.7. The van der Waals surface area contributed by atoms with Crippen LogP contribution >= 0.6 is 35.3 Å². The molecule has 3 aromatic rings. The van der Waals surface area contributed by atoms with Gasteiger partial charge in [-0.3, -0.25) is 0 Å². The maximum absolute atomic E-state index is 4.75. The lowest BCUT2D eigenvalue weighted by molar-refractivity contribution is 0.476. The highest BCUT2D eigenvalue weighted by Gasteiger charge is 2.10. The van der Waals surface area contributed by atoms with E-state index in [-0.39, 0.29) is 24.0 Å². The van der Waals surface area contributed by atoms with Crippen LogP contribution in [0.25, 0.3) is 5.69 Å². The van der Waals surface area contributed by atoms with Gasteiger partial charge in [0, 0.05) is 36.8 Å². The summed E-state index contributed by atoms with van der Waals surface area (Å²) in [5.41, 5.74) is 3.28. The summed E-state index contributed by atoms with van der Waals surface area (Å²) in [7, 11) is 2.04. The Morgan fingerprint density at radius 1 is 1.25 bits per heavy atom. The molecule has 2 aromatic heterocycles. The molecule has 3 rings (SSSR count). The molecule has 2 heterocycles. The molecule has 0 amide bonds. The number of hydrogen-bond acceptors (Lipinski definition) is 4. The molecular weight excluding hydrogens is 483 g/mol. The minimum Gasteiger partial charge on any atom is -0.357 e. The van der Waals surface area contributed by atoms with Crippen LogP contribution in [0, 0.1) is 13.8 Å². The fraction of sp³-hybridized carbons (Fsp3) is 0.350. The summed E-state index contributed by atoms with van der Waals surface area (Å²) in [6, 6.07) is 10.1. The largest absolute Gasteiger partial charge is 0.357 e. The molecule has 150 valence electrons. The molecule has 0 aliphatic rings. The standard InChI is InChI=1S/C20H26N6S.HI/c1-5-21-20(22-12-19-24-15(2)16(3)27-19)25(4)13-17-11-23-26(14-17)18-9-7-6-8-10-18;/h6-11,14H,5,12-13H2,1-4H3,(H,21,22);1H. The van der Waals surface area contributed by atoms with Crippen molar-refractivity contribution in [3.05, 3.63) is 63.9 Å². The van der Waals surface area contributed by atoms with Gasteiger partial charge in [-0.05, 0) is 32.9 Å². The SMILES string of the molecule is CCNC(=NCc1nc(C)c(C)s1)N(C)Cc1cnn(-c2ccccc2)c1.I. The summed E-state index contributed by atoms with van der Waals surface area (Å²) >= 11 is 1.71. The van der Waals surface area contributed by atoms with E-state index in [1.165, 1.54) is 4.88 Å². The predicted octanol–water partition coefficient (Wildman–Crippen LogP) is 4.16. The van der Waals surface area contributed by atoms with Crippen LogP contribution in [-0.4, -0.2) is 39.2 Å². The third-order valence-corrected chi connectivity index (χ3v) is 5.27. The minimum absolute atomic E-state index is 0. The average molecular weight is 510 g/mol. The number of nitrogens with one attached hydrogen (secondary N) is 1. The number of aliphatic imine (C=N–C) groups is 1. The highest BCUT2D eigenvalue weighted by molar-refractivity contribution is 14.0. The zero-order chi connectivity index (χ0) is 19.2. The first kappa shape index (κ1) is 22.4. The van der Waals surface area contributed by atoms with Crippen molar-refractivity contribution in [3.8, 4) is 5.69 Å². The first-order chi connectivity index (χ1) is 13.1. The van der Waals surface area contributed by atoms with Crippen molar-refractivity contribution >= 4 is 41.3 Å². The van der Waals surface area contributed by atoms with E-state index in [1.807, 2.05) is 55.2 Å². The number of aryl methyl sites for hydroxylation is 2. The lowest BCUT2D eigenvalue weighted by atomic mass is 10.3. The highest BCUT2D eigenvalue weighted by Crippen LogP contribution is 2.17. The van der Waals surface area contributed by atoms with Crippen LogP contribution in [0.1, 0.15) is 28.1 Å². The van der Waals surface area contributed by atoms with Crippen molar-refractivity contribution in [2.45, 2.75) is 33.9 Å². The second-order valence-electron chi connectivity index (χ2n) is 6.40. The first-order valence-corrected chi connectivity index (χ1v) is 9.89. The third kappa shape index (κ3) is 5.78. The van der Waals surface area contributed by atoms with Crippen LogP contribution in [-0.2, 0) is 13.1 Å². The molecular formula is C20H27IN6S. The van der Waals surface area contributed by atoms with E-state index in [1.54, 1.807) is 11.3 Å². The number of para-hydroxylation sites is 1. The number of aromatic nitrogens is 3. The van der Waals surface area contributed by atoms with Crippen LogP contribution in [0.4, 0.5) is 0 Å². The van der Waals surface area contributed by atoms with Crippen molar-refractivity contribution < 1.29 is 0 Å². The van der Waals surface area contributed by atoms with E-state index in [0.29, 0.717) is 6.54 Å². The molecule has 0 atom stereocenters. The molecule has 28 heavy (non-hydrogen) atoms. The van der Waals surface area contributed by atoms with Crippen molar-refractivity contribution in [1.82, 2.24) is 25.0 Å². The molecule has 0 unspecified atom stereocenters. The van der Waals surface area contributed by atoms with E-state index < -0.39 is 0 Å². The van der Waals surface area contributed by atoms with Gasteiger partial charge in [0.1, 0.15) is 5.01 Å². The quantitative estimate of drug-likeness (QED) is 0.308. The molecule has 0 radical (unpaired) electrons. The Hall–Kier alpha value is -1.94. The summed E-state index contributed by atoms with van der Waals surface area (Å²) in [6.07, 6.45) is 3.96. The fourth-order valence-corrected chi connectivity index (χ4v) is 3.59. The summed E-state index contributed by atoms with van der Waals surface area (Å²) in [6.45, 7) is 8.36. The molecule has 1 aromatic carbocycles. The lowest BCUT2D eigenvalue weighted by Crippen LogP contribution is -2.38. The van der Waals surface area contributed by atoms with Crippen molar-refractivity contribution in [1.29, 1.82) is 0 Å². The molecule has 0 bridgehead atoms. The van der Waals surface area contributed by atoms with Gasteiger partial charge in [0.05, 0.1) is 24.1 Å². The van der Waals surface area contributed by atoms with Gasteiger partial charge in [-0.15, -0.1) is 35.3 Å². The molecule has 0 aliphatic heterocycles. The number of benzene rings is 1. The van der Waals surface area contributed by atoms with Crippen molar-refractivity contribution in [3.63, 3.8) is 0 Å². The number of rotatable bonds is 6. The second kappa shape index (κ2) is 10.6. The Kier molecular flexibility index (Phi) is 8.43. The average Bonchev–Trinajstić information content (AvgIpc) is 3.26. The number of thiazole rings is 1. The first-order valence-electron chi connectivity index (χ1n) is 9.08. The maximum Gasteiger partial charge on any atom is 0.194 e. The fourth-order valence-electron chi connectivity index (χ4n) is 2.73. The zero-order valence-corrected chi connectivity index (χ0v) is 19.9. The van der Waals surface area contributed by atoms with Crippen LogP contribution in [0.2, 0.25) is 0 Å². The maximum atomic E-state index is 4.75. The van der Waals surface area contributed by atoms with Crippen molar-refractivity contribution in [2.24, 2.45) is 4.99 Å². The third-order valence-electron chi connectivity index (χ3n) is 4.21. The van der Waals surface area contributed by atoms with Gasteiger partial charge in [0.15, 0.2) is 5.96 Å². The Balaban J connectivity index is 0.00000280. The van der Waals surface area contributed by atoms with Gasteiger partial charge < -0.3 is 10.2 Å². The van der Waals surface area contributed by atoms with Gasteiger partial charge in [0.25, 0.3) is 0 Å².